The van der Waals surface area contributed by atoms with Gasteiger partial charge in [0, 0.05) is 18.5 Å². The Morgan fingerprint density at radius 1 is 1.10 bits per heavy atom. The lowest BCUT2D eigenvalue weighted by atomic mass is 9.90. The maximum absolute atomic E-state index is 6.15. The quantitative estimate of drug-likeness (QED) is 0.513. The van der Waals surface area contributed by atoms with E-state index in [1.807, 2.05) is 30.3 Å². The maximum Gasteiger partial charge on any atom is 0.203 e. The normalized spacial score (nSPS) is 17.2. The molecule has 0 saturated carbocycles. The van der Waals surface area contributed by atoms with Crippen molar-refractivity contribution in [3.8, 4) is 23.0 Å². The third kappa shape index (κ3) is 5.34. The summed E-state index contributed by atoms with van der Waals surface area (Å²) in [6, 6.07) is 12.1. The van der Waals surface area contributed by atoms with Gasteiger partial charge >= 0.3 is 0 Å². The van der Waals surface area contributed by atoms with E-state index in [1.54, 1.807) is 21.3 Å². The first-order valence-electron chi connectivity index (χ1n) is 10.5. The molecule has 2 aromatic rings. The Morgan fingerprint density at radius 2 is 1.77 bits per heavy atom. The lowest BCUT2D eigenvalue weighted by Crippen LogP contribution is -2.45. The molecule has 0 saturated heterocycles. The van der Waals surface area contributed by atoms with E-state index in [2.05, 4.69) is 37.5 Å². The van der Waals surface area contributed by atoms with E-state index in [0.29, 0.717) is 23.8 Å². The van der Waals surface area contributed by atoms with Crippen LogP contribution in [0, 0.1) is 0 Å². The fraction of sp³-hybridized carbons (Fsp3) is 0.458. The van der Waals surface area contributed by atoms with Gasteiger partial charge in [-0.3, -0.25) is 0 Å². The maximum atomic E-state index is 6.15. The van der Waals surface area contributed by atoms with E-state index < -0.39 is 0 Å². The van der Waals surface area contributed by atoms with Crippen LogP contribution in [0.1, 0.15) is 44.4 Å². The molecule has 0 fully saturated rings. The Labute approximate surface area is 184 Å². The molecule has 0 aliphatic carbocycles. The molecule has 2 N–H and O–H groups in total. The standard InChI is InChI=1S/C24H33N3O4/c1-7-25-23(26-15-16-12-20(28-4)22(30-6)21(13-16)29-5)27-18-14-24(2,3)31-19-11-9-8-10-17(18)19/h8-13,18H,7,14-15H2,1-6H3,(H2,25,26,27). The van der Waals surface area contributed by atoms with Crippen LogP contribution in [0.5, 0.6) is 23.0 Å². The molecule has 0 aromatic heterocycles. The van der Waals surface area contributed by atoms with Crippen molar-refractivity contribution in [2.75, 3.05) is 27.9 Å². The summed E-state index contributed by atoms with van der Waals surface area (Å²) in [5, 5.41) is 6.94. The first-order valence-corrected chi connectivity index (χ1v) is 10.5. The summed E-state index contributed by atoms with van der Waals surface area (Å²) < 4.78 is 22.5. The lowest BCUT2D eigenvalue weighted by molar-refractivity contribution is 0.0694. The van der Waals surface area contributed by atoms with Crippen LogP contribution < -0.4 is 29.6 Å². The molecule has 1 heterocycles. The van der Waals surface area contributed by atoms with Gasteiger partial charge < -0.3 is 29.6 Å². The molecule has 7 heteroatoms. The minimum absolute atomic E-state index is 0.0951. The molecule has 2 aromatic carbocycles. The number of hydrogen-bond acceptors (Lipinski definition) is 5. The molecule has 1 atom stereocenters. The molecule has 1 aliphatic heterocycles. The van der Waals surface area contributed by atoms with Crippen molar-refractivity contribution in [3.63, 3.8) is 0 Å². The number of nitrogens with one attached hydrogen (secondary N) is 2. The number of methoxy groups -OCH3 is 3. The number of rotatable bonds is 7. The smallest absolute Gasteiger partial charge is 0.203 e. The number of guanidine groups is 1. The second-order valence-corrected chi connectivity index (χ2v) is 8.03. The predicted molar refractivity (Wildman–Crippen MR) is 123 cm³/mol. The van der Waals surface area contributed by atoms with Gasteiger partial charge in [0.15, 0.2) is 17.5 Å². The molecule has 31 heavy (non-hydrogen) atoms. The number of fused-ring (bicyclic) bond motifs is 1. The van der Waals surface area contributed by atoms with Gasteiger partial charge in [0.2, 0.25) is 5.75 Å². The molecular weight excluding hydrogens is 394 g/mol. The van der Waals surface area contributed by atoms with Gasteiger partial charge in [-0.2, -0.15) is 0 Å². The molecule has 0 radical (unpaired) electrons. The largest absolute Gasteiger partial charge is 0.493 e. The van der Waals surface area contributed by atoms with Crippen LogP contribution in [0.25, 0.3) is 0 Å². The molecule has 0 bridgehead atoms. The van der Waals surface area contributed by atoms with Crippen molar-refractivity contribution in [1.82, 2.24) is 10.6 Å². The van der Waals surface area contributed by atoms with Gasteiger partial charge in [-0.25, -0.2) is 4.99 Å². The zero-order valence-corrected chi connectivity index (χ0v) is 19.2. The molecule has 7 nitrogen and oxygen atoms in total. The van der Waals surface area contributed by atoms with Gasteiger partial charge in [0.1, 0.15) is 11.4 Å². The summed E-state index contributed by atoms with van der Waals surface area (Å²) >= 11 is 0. The number of aliphatic imine (C=N–C) groups is 1. The molecular formula is C24H33N3O4. The summed E-state index contributed by atoms with van der Waals surface area (Å²) in [7, 11) is 4.82. The summed E-state index contributed by atoms with van der Waals surface area (Å²) in [6.07, 6.45) is 0.832. The van der Waals surface area contributed by atoms with Crippen molar-refractivity contribution in [1.29, 1.82) is 0 Å². The first-order chi connectivity index (χ1) is 14.9. The fourth-order valence-electron chi connectivity index (χ4n) is 3.81. The van der Waals surface area contributed by atoms with Gasteiger partial charge in [0.05, 0.1) is 33.9 Å². The summed E-state index contributed by atoms with van der Waals surface area (Å²) in [5.41, 5.74) is 1.83. The number of nitrogens with zero attached hydrogens (tertiary/aromatic N) is 1. The van der Waals surface area contributed by atoms with E-state index in [9.17, 15) is 0 Å². The average Bonchev–Trinajstić information content (AvgIpc) is 2.75. The van der Waals surface area contributed by atoms with E-state index in [-0.39, 0.29) is 11.6 Å². The average molecular weight is 428 g/mol. The number of hydrogen-bond donors (Lipinski definition) is 2. The minimum Gasteiger partial charge on any atom is -0.493 e. The van der Waals surface area contributed by atoms with Crippen LogP contribution in [-0.2, 0) is 6.54 Å². The van der Waals surface area contributed by atoms with Crippen molar-refractivity contribution >= 4 is 5.96 Å². The van der Waals surface area contributed by atoms with Gasteiger partial charge in [-0.05, 0) is 44.5 Å². The Balaban J connectivity index is 1.85. The number of benzene rings is 2. The van der Waals surface area contributed by atoms with Crippen molar-refractivity contribution in [2.45, 2.75) is 45.4 Å². The Kier molecular flexibility index (Phi) is 7.15. The highest BCUT2D eigenvalue weighted by Crippen LogP contribution is 2.40. The lowest BCUT2D eigenvalue weighted by Gasteiger charge is -2.38. The van der Waals surface area contributed by atoms with Crippen LogP contribution in [0.3, 0.4) is 0 Å². The monoisotopic (exact) mass is 427 g/mol. The summed E-state index contributed by atoms with van der Waals surface area (Å²) in [4.78, 5) is 4.81. The van der Waals surface area contributed by atoms with Crippen LogP contribution in [0.2, 0.25) is 0 Å². The Hall–Kier alpha value is -3.09. The summed E-state index contributed by atoms with van der Waals surface area (Å²) in [5.74, 6) is 3.46. The highest BCUT2D eigenvalue weighted by atomic mass is 16.5. The summed E-state index contributed by atoms with van der Waals surface area (Å²) in [6.45, 7) is 7.49. The van der Waals surface area contributed by atoms with E-state index in [4.69, 9.17) is 23.9 Å². The third-order valence-corrected chi connectivity index (χ3v) is 5.18. The highest BCUT2D eigenvalue weighted by Gasteiger charge is 2.34. The fourth-order valence-corrected chi connectivity index (χ4v) is 3.81. The van der Waals surface area contributed by atoms with Crippen molar-refractivity contribution in [3.05, 3.63) is 47.5 Å². The van der Waals surface area contributed by atoms with E-state index in [0.717, 1.165) is 35.8 Å². The molecule has 168 valence electrons. The topological polar surface area (TPSA) is 73.3 Å². The van der Waals surface area contributed by atoms with Crippen molar-refractivity contribution in [2.24, 2.45) is 4.99 Å². The van der Waals surface area contributed by atoms with Crippen LogP contribution >= 0.6 is 0 Å². The molecule has 1 unspecified atom stereocenters. The zero-order chi connectivity index (χ0) is 22.4. The number of ether oxygens (including phenoxy) is 4. The van der Waals surface area contributed by atoms with Gasteiger partial charge in [-0.15, -0.1) is 0 Å². The van der Waals surface area contributed by atoms with Gasteiger partial charge in [0.25, 0.3) is 0 Å². The first kappa shape index (κ1) is 22.6. The third-order valence-electron chi connectivity index (χ3n) is 5.18. The number of para-hydroxylation sites is 1. The van der Waals surface area contributed by atoms with Gasteiger partial charge in [-0.1, -0.05) is 18.2 Å². The molecule has 0 spiro atoms. The van der Waals surface area contributed by atoms with Crippen molar-refractivity contribution < 1.29 is 18.9 Å². The zero-order valence-electron chi connectivity index (χ0n) is 19.2. The molecule has 1 aliphatic rings. The van der Waals surface area contributed by atoms with Crippen LogP contribution in [-0.4, -0.2) is 39.4 Å². The Morgan fingerprint density at radius 3 is 2.39 bits per heavy atom. The SMILES string of the molecule is CCNC(=NCc1cc(OC)c(OC)c(OC)c1)NC1CC(C)(C)Oc2ccccc21. The van der Waals surface area contributed by atoms with Crippen LogP contribution in [0.4, 0.5) is 0 Å². The minimum atomic E-state index is -0.264. The second-order valence-electron chi connectivity index (χ2n) is 8.03. The second kappa shape index (κ2) is 9.81. The highest BCUT2D eigenvalue weighted by molar-refractivity contribution is 5.80. The van der Waals surface area contributed by atoms with E-state index in [1.165, 1.54) is 0 Å². The van der Waals surface area contributed by atoms with E-state index >= 15 is 0 Å². The Bertz CT molecular complexity index is 902. The molecule has 3 rings (SSSR count). The van der Waals surface area contributed by atoms with Crippen LogP contribution in [0.15, 0.2) is 41.4 Å². The molecule has 0 amide bonds. The predicted octanol–water partition coefficient (Wildman–Crippen LogP) is 4.07.